The molecule has 0 amide bonds. The van der Waals surface area contributed by atoms with Crippen molar-refractivity contribution in [1.29, 1.82) is 0 Å². The molecule has 0 saturated carbocycles. The Bertz CT molecular complexity index is 2630. The SMILES string of the molecule is Cc1cc(Oc2c(Oc3ccccc3)c(-c3ccc(-c4c(C)cccc4C)s3)c3nsnc3c2-c2ccc(-c3c(C)cccc3C)s2)ccc1C(=O)O. The van der Waals surface area contributed by atoms with Crippen LogP contribution in [0.25, 0.3) is 52.8 Å². The molecule has 3 heterocycles. The van der Waals surface area contributed by atoms with Crippen LogP contribution in [0.2, 0.25) is 0 Å². The number of hydrogen-bond donors (Lipinski definition) is 1. The first-order valence-electron chi connectivity index (χ1n) is 17.1. The van der Waals surface area contributed by atoms with E-state index in [0.29, 0.717) is 34.1 Å². The van der Waals surface area contributed by atoms with E-state index in [1.54, 1.807) is 47.8 Å². The normalized spacial score (nSPS) is 11.3. The van der Waals surface area contributed by atoms with Gasteiger partial charge in [-0.3, -0.25) is 0 Å². The summed E-state index contributed by atoms with van der Waals surface area (Å²) < 4.78 is 23.7. The Labute approximate surface area is 319 Å². The third kappa shape index (κ3) is 6.41. The second-order valence-corrected chi connectivity index (χ2v) is 15.7. The minimum absolute atomic E-state index is 0.215. The van der Waals surface area contributed by atoms with Crippen molar-refractivity contribution in [2.45, 2.75) is 34.6 Å². The van der Waals surface area contributed by atoms with Crippen LogP contribution in [0.5, 0.6) is 23.0 Å². The van der Waals surface area contributed by atoms with Gasteiger partial charge in [-0.2, -0.15) is 8.75 Å². The third-order valence-electron chi connectivity index (χ3n) is 9.39. The Hall–Kier alpha value is -5.61. The summed E-state index contributed by atoms with van der Waals surface area (Å²) in [5.41, 5.74) is 11.0. The first-order valence-corrected chi connectivity index (χ1v) is 19.4. The highest BCUT2D eigenvalue weighted by Gasteiger charge is 2.30. The van der Waals surface area contributed by atoms with Crippen molar-refractivity contribution < 1.29 is 19.4 Å². The minimum atomic E-state index is -0.991. The van der Waals surface area contributed by atoms with Crippen LogP contribution >= 0.6 is 34.4 Å². The molecule has 0 aliphatic rings. The van der Waals surface area contributed by atoms with Gasteiger partial charge in [-0.05, 0) is 128 Å². The molecular formula is C44H34N2O4S3. The summed E-state index contributed by atoms with van der Waals surface area (Å²) >= 11 is 4.50. The Morgan fingerprint density at radius 1 is 0.509 bits per heavy atom. The number of carboxylic acid groups (broad SMARTS) is 1. The van der Waals surface area contributed by atoms with Gasteiger partial charge >= 0.3 is 5.97 Å². The number of nitrogens with zero attached hydrogens (tertiary/aromatic N) is 2. The lowest BCUT2D eigenvalue weighted by atomic mass is 10.0. The molecule has 8 rings (SSSR count). The van der Waals surface area contributed by atoms with E-state index in [9.17, 15) is 9.90 Å². The zero-order chi connectivity index (χ0) is 36.8. The average molecular weight is 751 g/mol. The first kappa shape index (κ1) is 34.5. The van der Waals surface area contributed by atoms with Gasteiger partial charge in [-0.15, -0.1) is 22.7 Å². The van der Waals surface area contributed by atoms with E-state index >= 15 is 0 Å². The number of rotatable bonds is 9. The maximum absolute atomic E-state index is 11.9. The van der Waals surface area contributed by atoms with E-state index in [1.165, 1.54) is 33.4 Å². The van der Waals surface area contributed by atoms with Crippen molar-refractivity contribution >= 4 is 51.4 Å². The molecule has 1 N–H and O–H groups in total. The summed E-state index contributed by atoms with van der Waals surface area (Å²) in [6.07, 6.45) is 0. The van der Waals surface area contributed by atoms with Crippen LogP contribution in [0.1, 0.15) is 38.2 Å². The summed E-state index contributed by atoms with van der Waals surface area (Å²) in [7, 11) is 0. The standard InChI is InChI=1S/C44H34N2O4S3/c1-24-11-9-12-25(2)36(24)32-19-21-34(51-32)38-40-41(46-53-45-40)39(35-22-20-33(52-35)37-26(3)13-10-14-27(37)4)43(42(38)49-29-15-7-6-8-16-29)50-30-17-18-31(44(47)48)28(5)23-30/h6-23H,1-5H3,(H,47,48). The van der Waals surface area contributed by atoms with Gasteiger partial charge in [0.25, 0.3) is 0 Å². The van der Waals surface area contributed by atoms with Gasteiger partial charge in [-0.25, -0.2) is 4.79 Å². The summed E-state index contributed by atoms with van der Waals surface area (Å²) in [5, 5.41) is 9.79. The highest BCUT2D eigenvalue weighted by atomic mass is 32.1. The monoisotopic (exact) mass is 750 g/mol. The summed E-state index contributed by atoms with van der Waals surface area (Å²) in [6.45, 7) is 10.3. The maximum atomic E-state index is 11.9. The van der Waals surface area contributed by atoms with Gasteiger partial charge in [0, 0.05) is 19.5 Å². The second kappa shape index (κ2) is 14.1. The number of carbonyl (C=O) groups is 1. The molecule has 0 aliphatic heterocycles. The lowest BCUT2D eigenvalue weighted by Gasteiger charge is -2.20. The molecule has 0 fully saturated rings. The van der Waals surface area contributed by atoms with Crippen molar-refractivity contribution in [2.24, 2.45) is 0 Å². The minimum Gasteiger partial charge on any atom is -0.478 e. The number of para-hydroxylation sites is 1. The highest BCUT2D eigenvalue weighted by Crippen LogP contribution is 2.56. The summed E-state index contributed by atoms with van der Waals surface area (Å²) in [4.78, 5) is 16.1. The van der Waals surface area contributed by atoms with Crippen LogP contribution < -0.4 is 9.47 Å². The number of aromatic nitrogens is 2. The van der Waals surface area contributed by atoms with E-state index in [-0.39, 0.29) is 5.56 Å². The van der Waals surface area contributed by atoms with Crippen LogP contribution in [0.3, 0.4) is 0 Å². The first-order chi connectivity index (χ1) is 25.7. The zero-order valence-corrected chi connectivity index (χ0v) is 32.1. The van der Waals surface area contributed by atoms with Crippen LogP contribution in [0.15, 0.2) is 109 Å². The molecule has 3 aromatic heterocycles. The highest BCUT2D eigenvalue weighted by molar-refractivity contribution is 7.19. The van der Waals surface area contributed by atoms with Crippen LogP contribution in [-0.2, 0) is 0 Å². The molecule has 0 saturated heterocycles. The van der Waals surface area contributed by atoms with Gasteiger partial charge in [0.05, 0.1) is 28.4 Å². The van der Waals surface area contributed by atoms with Crippen molar-refractivity contribution in [3.05, 3.63) is 143 Å². The van der Waals surface area contributed by atoms with Crippen molar-refractivity contribution in [2.75, 3.05) is 0 Å². The zero-order valence-electron chi connectivity index (χ0n) is 29.7. The molecular weight excluding hydrogens is 717 g/mol. The molecule has 9 heteroatoms. The number of aromatic carboxylic acids is 1. The molecule has 8 aromatic rings. The molecule has 262 valence electrons. The second-order valence-electron chi connectivity index (χ2n) is 13.0. The van der Waals surface area contributed by atoms with E-state index in [0.717, 1.165) is 47.9 Å². The molecule has 6 nitrogen and oxygen atoms in total. The molecule has 0 spiro atoms. The Kier molecular flexibility index (Phi) is 9.16. The Balaban J connectivity index is 1.42. The van der Waals surface area contributed by atoms with Gasteiger partial charge in [0.15, 0.2) is 11.5 Å². The van der Waals surface area contributed by atoms with E-state index in [1.807, 2.05) is 30.3 Å². The lowest BCUT2D eigenvalue weighted by molar-refractivity contribution is 0.0696. The fourth-order valence-corrected chi connectivity index (χ4v) is 9.90. The number of benzene rings is 5. The molecule has 0 aliphatic carbocycles. The number of fused-ring (bicyclic) bond motifs is 1. The maximum Gasteiger partial charge on any atom is 0.335 e. The van der Waals surface area contributed by atoms with Crippen LogP contribution in [-0.4, -0.2) is 19.8 Å². The number of ether oxygens (including phenoxy) is 2. The van der Waals surface area contributed by atoms with E-state index < -0.39 is 5.97 Å². The Morgan fingerprint density at radius 2 is 0.962 bits per heavy atom. The number of carboxylic acids is 1. The smallest absolute Gasteiger partial charge is 0.335 e. The van der Waals surface area contributed by atoms with Crippen molar-refractivity contribution in [3.63, 3.8) is 0 Å². The predicted octanol–water partition coefficient (Wildman–Crippen LogP) is 13.3. The summed E-state index contributed by atoms with van der Waals surface area (Å²) in [5.74, 6) is 1.11. The Morgan fingerprint density at radius 3 is 1.42 bits per heavy atom. The van der Waals surface area contributed by atoms with Crippen molar-refractivity contribution in [3.8, 4) is 64.8 Å². The molecule has 53 heavy (non-hydrogen) atoms. The van der Waals surface area contributed by atoms with Gasteiger partial charge in [0.2, 0.25) is 0 Å². The molecule has 0 unspecified atom stereocenters. The quantitative estimate of drug-likeness (QED) is 0.158. The van der Waals surface area contributed by atoms with Crippen LogP contribution in [0, 0.1) is 34.6 Å². The molecule has 5 aromatic carbocycles. The van der Waals surface area contributed by atoms with E-state index in [2.05, 4.69) is 88.4 Å². The molecule has 0 radical (unpaired) electrons. The molecule has 0 atom stereocenters. The molecule has 0 bridgehead atoms. The van der Waals surface area contributed by atoms with Gasteiger partial charge in [0.1, 0.15) is 22.5 Å². The third-order valence-corrected chi connectivity index (χ3v) is 12.2. The van der Waals surface area contributed by atoms with Gasteiger partial charge < -0.3 is 14.6 Å². The number of hydrogen-bond acceptors (Lipinski definition) is 8. The fourth-order valence-electron chi connectivity index (χ4n) is 6.89. The lowest BCUT2D eigenvalue weighted by Crippen LogP contribution is -2.01. The van der Waals surface area contributed by atoms with Gasteiger partial charge in [-0.1, -0.05) is 54.6 Å². The summed E-state index contributed by atoms with van der Waals surface area (Å²) in [6, 6.07) is 36.0. The predicted molar refractivity (Wildman–Crippen MR) is 219 cm³/mol. The van der Waals surface area contributed by atoms with E-state index in [4.69, 9.17) is 18.2 Å². The average Bonchev–Trinajstić information content (AvgIpc) is 3.91. The fraction of sp³-hybridized carbons (Fsp3) is 0.114. The number of thiophene rings is 2. The topological polar surface area (TPSA) is 81.5 Å². The largest absolute Gasteiger partial charge is 0.478 e. The van der Waals surface area contributed by atoms with Crippen LogP contribution in [0.4, 0.5) is 0 Å². The van der Waals surface area contributed by atoms with Crippen molar-refractivity contribution in [1.82, 2.24) is 8.75 Å². The number of aryl methyl sites for hydroxylation is 5.